The molecule has 3 aromatic rings. The van der Waals surface area contributed by atoms with E-state index in [1.165, 1.54) is 11.3 Å². The second kappa shape index (κ2) is 4.71. The highest BCUT2D eigenvalue weighted by atomic mass is 35.5. The topological polar surface area (TPSA) is 41.6 Å². The third-order valence-electron chi connectivity index (χ3n) is 2.47. The van der Waals surface area contributed by atoms with Crippen molar-refractivity contribution in [1.29, 1.82) is 0 Å². The van der Waals surface area contributed by atoms with Gasteiger partial charge in [0, 0.05) is 23.2 Å². The van der Waals surface area contributed by atoms with Gasteiger partial charge in [-0.1, -0.05) is 11.6 Å². The van der Waals surface area contributed by atoms with Gasteiger partial charge >= 0.3 is 0 Å². The molecule has 1 N–H and O–H groups in total. The van der Waals surface area contributed by atoms with Gasteiger partial charge in [0.05, 0.1) is 21.6 Å². The molecule has 2 heterocycles. The average molecular weight is 298 g/mol. The van der Waals surface area contributed by atoms with E-state index in [-0.39, 0.29) is 0 Å². The second-order valence-corrected chi connectivity index (χ2v) is 5.09. The molecule has 0 amide bonds. The highest BCUT2D eigenvalue weighted by Gasteiger charge is 2.10. The number of imidazole rings is 1. The summed E-state index contributed by atoms with van der Waals surface area (Å²) in [5.74, 6) is -1.51. The maximum Gasteiger partial charge on any atom is 0.161 e. The summed E-state index contributed by atoms with van der Waals surface area (Å²) in [4.78, 5) is 11.7. The van der Waals surface area contributed by atoms with Crippen LogP contribution in [0.15, 0.2) is 23.8 Å². The predicted octanol–water partition coefficient (Wildman–Crippen LogP) is 4.03. The number of nitrogens with one attached hydrogen (secondary N) is 1. The third kappa shape index (κ3) is 2.36. The van der Waals surface area contributed by atoms with Crippen LogP contribution in [-0.2, 0) is 0 Å². The van der Waals surface area contributed by atoms with Crippen LogP contribution in [-0.4, -0.2) is 15.0 Å². The van der Waals surface area contributed by atoms with E-state index < -0.39 is 11.6 Å². The van der Waals surface area contributed by atoms with Gasteiger partial charge in [0.25, 0.3) is 0 Å². The summed E-state index contributed by atoms with van der Waals surface area (Å²) in [6, 6.07) is 2.08. The van der Waals surface area contributed by atoms with E-state index in [4.69, 9.17) is 11.6 Å². The number of benzene rings is 1. The summed E-state index contributed by atoms with van der Waals surface area (Å²) in [6.07, 6.45) is 3.35. The number of nitrogens with zero attached hydrogens (tertiary/aromatic N) is 2. The maximum absolute atomic E-state index is 13.1. The van der Waals surface area contributed by atoms with Crippen LogP contribution in [0.1, 0.15) is 10.7 Å². The summed E-state index contributed by atoms with van der Waals surface area (Å²) in [6.45, 7) is 0. The molecule has 0 atom stereocenters. The Bertz CT molecular complexity index is 726. The molecule has 1 aromatic carbocycles. The third-order valence-corrected chi connectivity index (χ3v) is 3.48. The van der Waals surface area contributed by atoms with E-state index in [0.29, 0.717) is 21.9 Å². The molecule has 0 bridgehead atoms. The number of hydrogen-bond donors (Lipinski definition) is 1. The Morgan fingerprint density at radius 2 is 2.11 bits per heavy atom. The summed E-state index contributed by atoms with van der Waals surface area (Å²) in [7, 11) is 0. The maximum atomic E-state index is 13.1. The van der Waals surface area contributed by atoms with Crippen molar-refractivity contribution in [2.24, 2.45) is 0 Å². The van der Waals surface area contributed by atoms with E-state index in [1.54, 1.807) is 17.8 Å². The van der Waals surface area contributed by atoms with Gasteiger partial charge in [0.2, 0.25) is 0 Å². The largest absolute Gasteiger partial charge is 0.337 e. The zero-order chi connectivity index (χ0) is 13.4. The molecule has 96 valence electrons. The Labute approximate surface area is 115 Å². The van der Waals surface area contributed by atoms with E-state index in [0.717, 1.165) is 17.0 Å². The first kappa shape index (κ1) is 12.3. The van der Waals surface area contributed by atoms with Crippen LogP contribution in [0.3, 0.4) is 0 Å². The number of halogens is 3. The molecule has 0 saturated heterocycles. The molecular formula is C12H6ClF2N3S. The lowest BCUT2D eigenvalue weighted by molar-refractivity contribution is 0.510. The highest BCUT2D eigenvalue weighted by molar-refractivity contribution is 7.10. The van der Waals surface area contributed by atoms with Crippen molar-refractivity contribution in [3.05, 3.63) is 46.2 Å². The van der Waals surface area contributed by atoms with Crippen LogP contribution in [0.2, 0.25) is 0 Å². The normalized spacial score (nSPS) is 12.3. The molecule has 3 nitrogen and oxygen atoms in total. The van der Waals surface area contributed by atoms with Gasteiger partial charge in [0.1, 0.15) is 5.82 Å². The lowest BCUT2D eigenvalue weighted by Crippen LogP contribution is -1.82. The van der Waals surface area contributed by atoms with Gasteiger partial charge in [-0.15, -0.1) is 11.3 Å². The molecular weight excluding hydrogens is 292 g/mol. The standard InChI is InChI=1S/C12H6ClF2N3S/c13-7(1-6-4-16-5-19-6)12-17-10-2-8(14)9(15)3-11(10)18-12/h1-5H,(H,17,18). The summed E-state index contributed by atoms with van der Waals surface area (Å²) >= 11 is 7.53. The zero-order valence-electron chi connectivity index (χ0n) is 9.32. The van der Waals surface area contributed by atoms with E-state index >= 15 is 0 Å². The average Bonchev–Trinajstić information content (AvgIpc) is 2.99. The van der Waals surface area contributed by atoms with Gasteiger partial charge in [-0.05, 0) is 6.08 Å². The second-order valence-electron chi connectivity index (χ2n) is 3.76. The quantitative estimate of drug-likeness (QED) is 0.776. The summed E-state index contributed by atoms with van der Waals surface area (Å²) in [5.41, 5.74) is 2.40. The Balaban J connectivity index is 2.06. The molecule has 3 rings (SSSR count). The number of thiazole rings is 1. The Morgan fingerprint density at radius 1 is 1.32 bits per heavy atom. The summed E-state index contributed by atoms with van der Waals surface area (Å²) < 4.78 is 26.2. The fourth-order valence-electron chi connectivity index (χ4n) is 1.61. The number of rotatable bonds is 2. The smallest absolute Gasteiger partial charge is 0.161 e. The zero-order valence-corrected chi connectivity index (χ0v) is 10.9. The SMILES string of the molecule is Fc1cc2nc(C(Cl)=Cc3cncs3)[nH]c2cc1F. The molecule has 0 saturated carbocycles. The number of aromatic amines is 1. The molecule has 2 aromatic heterocycles. The van der Waals surface area contributed by atoms with Crippen LogP contribution in [0.5, 0.6) is 0 Å². The number of hydrogen-bond acceptors (Lipinski definition) is 3. The number of aromatic nitrogens is 3. The van der Waals surface area contributed by atoms with Crippen LogP contribution in [0.4, 0.5) is 8.78 Å². The van der Waals surface area contributed by atoms with Crippen LogP contribution in [0.25, 0.3) is 22.1 Å². The van der Waals surface area contributed by atoms with E-state index in [1.807, 2.05) is 0 Å². The molecule has 0 aliphatic carbocycles. The lowest BCUT2D eigenvalue weighted by atomic mass is 10.3. The van der Waals surface area contributed by atoms with Crippen molar-refractivity contribution in [1.82, 2.24) is 15.0 Å². The van der Waals surface area contributed by atoms with Gasteiger partial charge in [-0.25, -0.2) is 13.8 Å². The fourth-order valence-corrected chi connectivity index (χ4v) is 2.43. The van der Waals surface area contributed by atoms with Crippen molar-refractivity contribution in [2.45, 2.75) is 0 Å². The Morgan fingerprint density at radius 3 is 2.84 bits per heavy atom. The fraction of sp³-hybridized carbons (Fsp3) is 0. The predicted molar refractivity (Wildman–Crippen MR) is 71.8 cm³/mol. The highest BCUT2D eigenvalue weighted by Crippen LogP contribution is 2.24. The Hall–Kier alpha value is -1.79. The van der Waals surface area contributed by atoms with Crippen LogP contribution >= 0.6 is 22.9 Å². The minimum atomic E-state index is -0.937. The molecule has 0 radical (unpaired) electrons. The molecule has 19 heavy (non-hydrogen) atoms. The first-order valence-electron chi connectivity index (χ1n) is 5.24. The van der Waals surface area contributed by atoms with Crippen molar-refractivity contribution in [3.63, 3.8) is 0 Å². The molecule has 0 aliphatic heterocycles. The lowest BCUT2D eigenvalue weighted by Gasteiger charge is -1.91. The van der Waals surface area contributed by atoms with E-state index in [2.05, 4.69) is 15.0 Å². The van der Waals surface area contributed by atoms with E-state index in [9.17, 15) is 8.78 Å². The molecule has 7 heteroatoms. The Kier molecular flexibility index (Phi) is 3.04. The first-order valence-corrected chi connectivity index (χ1v) is 6.50. The first-order chi connectivity index (χ1) is 9.13. The van der Waals surface area contributed by atoms with Crippen molar-refractivity contribution >= 4 is 45.1 Å². The van der Waals surface area contributed by atoms with Crippen molar-refractivity contribution < 1.29 is 8.78 Å². The number of H-pyrrole nitrogens is 1. The van der Waals surface area contributed by atoms with Gasteiger partial charge < -0.3 is 4.98 Å². The summed E-state index contributed by atoms with van der Waals surface area (Å²) in [5, 5.41) is 0.348. The molecule has 0 aliphatic rings. The molecule has 0 fully saturated rings. The molecule has 0 unspecified atom stereocenters. The van der Waals surface area contributed by atoms with Gasteiger partial charge in [0.15, 0.2) is 11.6 Å². The van der Waals surface area contributed by atoms with Crippen molar-refractivity contribution in [3.8, 4) is 0 Å². The van der Waals surface area contributed by atoms with Crippen LogP contribution < -0.4 is 0 Å². The molecule has 0 spiro atoms. The van der Waals surface area contributed by atoms with Gasteiger partial charge in [-0.2, -0.15) is 0 Å². The van der Waals surface area contributed by atoms with Gasteiger partial charge in [-0.3, -0.25) is 4.98 Å². The number of fused-ring (bicyclic) bond motifs is 1. The minimum absolute atomic E-state index is 0.324. The monoisotopic (exact) mass is 297 g/mol. The minimum Gasteiger partial charge on any atom is -0.337 e. The van der Waals surface area contributed by atoms with Crippen molar-refractivity contribution in [2.75, 3.05) is 0 Å². The van der Waals surface area contributed by atoms with Crippen LogP contribution in [0, 0.1) is 11.6 Å².